The zero-order valence-electron chi connectivity index (χ0n) is 20.6. The second-order valence-electron chi connectivity index (χ2n) is 10.5. The second kappa shape index (κ2) is 10.1. The van der Waals surface area contributed by atoms with Crippen LogP contribution in [0.5, 0.6) is 0 Å². The van der Waals surface area contributed by atoms with E-state index >= 15 is 0 Å². The summed E-state index contributed by atoms with van der Waals surface area (Å²) >= 11 is 0. The molecule has 7 atom stereocenters. The Morgan fingerprint density at radius 3 is 2.34 bits per heavy atom. The van der Waals surface area contributed by atoms with Crippen LogP contribution in [0.3, 0.4) is 0 Å². The van der Waals surface area contributed by atoms with E-state index in [1.54, 1.807) is 13.8 Å². The molecule has 35 heavy (non-hydrogen) atoms. The highest BCUT2D eigenvalue weighted by molar-refractivity contribution is 5.95. The number of aliphatic hydroxyl groups is 1. The maximum Gasteiger partial charge on any atom is 0.329 e. The Bertz CT molecular complexity index is 895. The number of nitrogens with zero attached hydrogens (tertiary/aromatic N) is 3. The third-order valence-electron chi connectivity index (χ3n) is 7.55. The first-order chi connectivity index (χ1) is 16.6. The minimum absolute atomic E-state index is 0.0140. The Labute approximate surface area is 205 Å². The summed E-state index contributed by atoms with van der Waals surface area (Å²) < 4.78 is 5.55. The number of fused-ring (bicyclic) bond motifs is 3. The molecule has 0 radical (unpaired) electrons. The van der Waals surface area contributed by atoms with Gasteiger partial charge in [-0.2, -0.15) is 0 Å². The average Bonchev–Trinajstić information content (AvgIpc) is 3.40. The molecule has 194 valence electrons. The molecule has 0 aromatic carbocycles. The summed E-state index contributed by atoms with van der Waals surface area (Å²) in [6.07, 6.45) is 0.723. The summed E-state index contributed by atoms with van der Waals surface area (Å²) in [5, 5.41) is 13.0. The minimum atomic E-state index is -0.882. The molecule has 4 rings (SSSR count). The summed E-state index contributed by atoms with van der Waals surface area (Å²) in [4.78, 5) is 70.4. The fourth-order valence-electron chi connectivity index (χ4n) is 5.80. The summed E-state index contributed by atoms with van der Waals surface area (Å²) in [6, 6.07) is -3.30. The molecule has 4 amide bonds. The third kappa shape index (κ3) is 5.14. The van der Waals surface area contributed by atoms with Gasteiger partial charge >= 0.3 is 5.97 Å². The molecule has 11 heteroatoms. The molecule has 5 unspecified atom stereocenters. The van der Waals surface area contributed by atoms with Crippen LogP contribution in [0.25, 0.3) is 0 Å². The summed E-state index contributed by atoms with van der Waals surface area (Å²) in [6.45, 7) is 5.88. The molecule has 0 aliphatic carbocycles. The Balaban J connectivity index is 1.65. The largest absolute Gasteiger partial charge is 0.461 e. The fraction of sp³-hybridized carbons (Fsp3) is 0.792. The van der Waals surface area contributed by atoms with Crippen molar-refractivity contribution in [2.24, 2.45) is 5.92 Å². The molecule has 4 fully saturated rings. The number of nitrogens with one attached hydrogen (secondary N) is 1. The van der Waals surface area contributed by atoms with Crippen LogP contribution in [-0.4, -0.2) is 105 Å². The monoisotopic (exact) mass is 492 g/mol. The molecule has 2 N–H and O–H groups in total. The smallest absolute Gasteiger partial charge is 0.329 e. The van der Waals surface area contributed by atoms with Gasteiger partial charge in [0.15, 0.2) is 0 Å². The highest BCUT2D eigenvalue weighted by Crippen LogP contribution is 2.28. The van der Waals surface area contributed by atoms with Crippen LogP contribution in [-0.2, 0) is 28.7 Å². The van der Waals surface area contributed by atoms with Crippen molar-refractivity contribution < 1.29 is 33.8 Å². The number of hydrogen-bond acceptors (Lipinski definition) is 7. The van der Waals surface area contributed by atoms with Gasteiger partial charge < -0.3 is 29.9 Å². The van der Waals surface area contributed by atoms with E-state index in [1.807, 2.05) is 6.92 Å². The zero-order chi connectivity index (χ0) is 25.4. The van der Waals surface area contributed by atoms with Gasteiger partial charge in [-0.3, -0.25) is 19.2 Å². The van der Waals surface area contributed by atoms with Crippen LogP contribution in [0.4, 0.5) is 0 Å². The van der Waals surface area contributed by atoms with Gasteiger partial charge in [-0.15, -0.1) is 0 Å². The van der Waals surface area contributed by atoms with Gasteiger partial charge in [-0.25, -0.2) is 4.79 Å². The quantitative estimate of drug-likeness (QED) is 0.431. The van der Waals surface area contributed by atoms with Crippen LogP contribution >= 0.6 is 0 Å². The van der Waals surface area contributed by atoms with Crippen LogP contribution < -0.4 is 5.32 Å². The molecular weight excluding hydrogens is 456 g/mol. The Morgan fingerprint density at radius 1 is 0.857 bits per heavy atom. The molecule has 4 saturated heterocycles. The van der Waals surface area contributed by atoms with E-state index in [0.29, 0.717) is 25.9 Å². The molecule has 0 spiro atoms. The second-order valence-corrected chi connectivity index (χ2v) is 10.5. The fourth-order valence-corrected chi connectivity index (χ4v) is 5.80. The first-order valence-electron chi connectivity index (χ1n) is 12.7. The highest BCUT2D eigenvalue weighted by Gasteiger charge is 2.46. The van der Waals surface area contributed by atoms with Gasteiger partial charge in [-0.1, -0.05) is 6.92 Å². The lowest BCUT2D eigenvalue weighted by atomic mass is 9.99. The molecular formula is C24H36N4O7. The number of carbonyl (C=O) groups is 5. The van der Waals surface area contributed by atoms with Gasteiger partial charge in [0.25, 0.3) is 0 Å². The molecule has 11 nitrogen and oxygen atoms in total. The maximum atomic E-state index is 13.5. The van der Waals surface area contributed by atoms with Crippen LogP contribution in [0.15, 0.2) is 0 Å². The van der Waals surface area contributed by atoms with E-state index in [0.717, 1.165) is 12.8 Å². The number of cyclic esters (lactones) is 1. The first-order valence-corrected chi connectivity index (χ1v) is 12.7. The lowest BCUT2D eigenvalue weighted by Gasteiger charge is -2.38. The molecule has 0 aromatic heterocycles. The topological polar surface area (TPSA) is 137 Å². The molecule has 4 heterocycles. The van der Waals surface area contributed by atoms with Gasteiger partial charge in [0.1, 0.15) is 30.3 Å². The Hall–Kier alpha value is -2.69. The lowest BCUT2D eigenvalue weighted by Crippen LogP contribution is -2.59. The van der Waals surface area contributed by atoms with Gasteiger partial charge in [-0.05, 0) is 45.4 Å². The molecule has 0 bridgehead atoms. The zero-order valence-corrected chi connectivity index (χ0v) is 20.6. The van der Waals surface area contributed by atoms with Gasteiger partial charge in [0, 0.05) is 26.1 Å². The Kier molecular flexibility index (Phi) is 7.35. The lowest BCUT2D eigenvalue weighted by molar-refractivity contribution is -0.160. The normalized spacial score (nSPS) is 37.5. The van der Waals surface area contributed by atoms with Crippen LogP contribution in [0.1, 0.15) is 59.3 Å². The summed E-state index contributed by atoms with van der Waals surface area (Å²) in [7, 11) is 0. The SMILES string of the molecule is CC1CC(=O)N2C[C@H](O)CC2C(=O)N2CCCCC2C(=O)NC(C)C(=O)N2C[C@H](C)CC2C(=O)O1. The predicted octanol–water partition coefficient (Wildman–Crippen LogP) is -0.594. The van der Waals surface area contributed by atoms with E-state index < -0.39 is 54.2 Å². The minimum Gasteiger partial charge on any atom is -0.461 e. The number of carbonyl (C=O) groups excluding carboxylic acids is 5. The van der Waals surface area contributed by atoms with E-state index in [4.69, 9.17) is 4.74 Å². The van der Waals surface area contributed by atoms with Crippen LogP contribution in [0.2, 0.25) is 0 Å². The molecule has 4 aliphatic heterocycles. The van der Waals surface area contributed by atoms with Crippen molar-refractivity contribution in [2.45, 2.75) is 95.7 Å². The number of esters is 1. The van der Waals surface area contributed by atoms with E-state index in [9.17, 15) is 29.1 Å². The third-order valence-corrected chi connectivity index (χ3v) is 7.55. The van der Waals surface area contributed by atoms with Crippen molar-refractivity contribution in [2.75, 3.05) is 19.6 Å². The van der Waals surface area contributed by atoms with E-state index in [2.05, 4.69) is 5.32 Å². The standard InChI is InChI=1S/C24H36N4O7/c1-13-8-19-24(34)35-14(2)9-20(30)27-12-16(29)10-18(27)23(33)26-7-5-4-6-17(26)21(31)25-15(3)22(32)28(19)11-13/h13-19,29H,4-12H2,1-3H3,(H,25,31)/t13-,14?,15?,16-,17?,18?,19?/m1/s1. The predicted molar refractivity (Wildman–Crippen MR) is 123 cm³/mol. The highest BCUT2D eigenvalue weighted by atomic mass is 16.5. The average molecular weight is 493 g/mol. The number of piperidine rings is 1. The summed E-state index contributed by atoms with van der Waals surface area (Å²) in [5.74, 6) is -2.08. The van der Waals surface area contributed by atoms with E-state index in [1.165, 1.54) is 14.7 Å². The molecule has 0 aromatic rings. The first kappa shape index (κ1) is 25.4. The number of rotatable bonds is 0. The van der Waals surface area contributed by atoms with Crippen molar-refractivity contribution >= 4 is 29.6 Å². The van der Waals surface area contributed by atoms with Gasteiger partial charge in [0.05, 0.1) is 12.5 Å². The van der Waals surface area contributed by atoms with Crippen LogP contribution in [0, 0.1) is 5.92 Å². The number of amides is 4. The Morgan fingerprint density at radius 2 is 1.60 bits per heavy atom. The van der Waals surface area contributed by atoms with E-state index in [-0.39, 0.29) is 37.1 Å². The summed E-state index contributed by atoms with van der Waals surface area (Å²) in [5.41, 5.74) is 0. The number of ether oxygens (including phenoxy) is 1. The van der Waals surface area contributed by atoms with Gasteiger partial charge in [0.2, 0.25) is 23.6 Å². The number of aliphatic hydroxyl groups excluding tert-OH is 1. The molecule has 4 aliphatic rings. The molecule has 0 saturated carbocycles. The van der Waals surface area contributed by atoms with Crippen molar-refractivity contribution in [3.05, 3.63) is 0 Å². The van der Waals surface area contributed by atoms with Crippen molar-refractivity contribution in [3.63, 3.8) is 0 Å². The van der Waals surface area contributed by atoms with Crippen molar-refractivity contribution in [1.29, 1.82) is 0 Å². The van der Waals surface area contributed by atoms with Crippen molar-refractivity contribution in [1.82, 2.24) is 20.0 Å². The maximum absolute atomic E-state index is 13.5. The number of hydrogen-bond donors (Lipinski definition) is 2. The van der Waals surface area contributed by atoms with Crippen molar-refractivity contribution in [3.8, 4) is 0 Å².